The van der Waals surface area contributed by atoms with E-state index in [1.54, 1.807) is 6.08 Å². The second-order valence-electron chi connectivity index (χ2n) is 20.4. The van der Waals surface area contributed by atoms with E-state index in [9.17, 15) is 30.3 Å². The number of carbonyl (C=O) groups excluding carboxylic acids is 1. The Hall–Kier alpha value is -3.41. The molecule has 9 nitrogen and oxygen atoms in total. The summed E-state index contributed by atoms with van der Waals surface area (Å²) < 4.78 is 11.2. The Morgan fingerprint density at radius 2 is 0.840 bits per heavy atom. The van der Waals surface area contributed by atoms with Crippen molar-refractivity contribution >= 4 is 5.91 Å². The van der Waals surface area contributed by atoms with E-state index in [1.165, 1.54) is 122 Å². The van der Waals surface area contributed by atoms with E-state index < -0.39 is 49.5 Å². The average molecular weight is 1050 g/mol. The molecule has 0 aromatic carbocycles. The van der Waals surface area contributed by atoms with Crippen molar-refractivity contribution in [3.8, 4) is 0 Å². The average Bonchev–Trinajstić information content (AvgIpc) is 3.41. The summed E-state index contributed by atoms with van der Waals surface area (Å²) in [5.41, 5.74) is 0. The Morgan fingerprint density at radius 3 is 1.28 bits per heavy atom. The van der Waals surface area contributed by atoms with E-state index >= 15 is 0 Å². The van der Waals surface area contributed by atoms with E-state index in [4.69, 9.17) is 9.47 Å². The molecule has 0 aromatic rings. The number of hydrogen-bond donors (Lipinski definition) is 6. The Kier molecular flexibility index (Phi) is 50.1. The smallest absolute Gasteiger partial charge is 0.220 e. The highest BCUT2D eigenvalue weighted by Crippen LogP contribution is 2.23. The molecule has 1 rings (SSSR count). The molecule has 428 valence electrons. The Bertz CT molecular complexity index is 1590. The van der Waals surface area contributed by atoms with Crippen LogP contribution in [0, 0.1) is 0 Å². The molecule has 1 fully saturated rings. The molecular formula is C66H111NO8. The van der Waals surface area contributed by atoms with Crippen molar-refractivity contribution in [2.24, 2.45) is 0 Å². The largest absolute Gasteiger partial charge is 0.394 e. The fourth-order valence-electron chi connectivity index (χ4n) is 8.78. The lowest BCUT2D eigenvalue weighted by atomic mass is 9.99. The van der Waals surface area contributed by atoms with Gasteiger partial charge in [-0.3, -0.25) is 4.79 Å². The third-order valence-corrected chi connectivity index (χ3v) is 13.5. The van der Waals surface area contributed by atoms with Gasteiger partial charge in [0, 0.05) is 6.42 Å². The first-order valence-corrected chi connectivity index (χ1v) is 30.3. The summed E-state index contributed by atoms with van der Waals surface area (Å²) in [6.07, 6.45) is 74.4. The van der Waals surface area contributed by atoms with E-state index in [0.717, 1.165) is 89.9 Å². The summed E-state index contributed by atoms with van der Waals surface area (Å²) in [6.45, 7) is 3.61. The number of ether oxygens (including phenoxy) is 2. The van der Waals surface area contributed by atoms with Crippen molar-refractivity contribution in [1.29, 1.82) is 0 Å². The minimum absolute atomic E-state index is 0.192. The van der Waals surface area contributed by atoms with Crippen LogP contribution in [0.15, 0.2) is 122 Å². The molecule has 1 saturated heterocycles. The lowest BCUT2D eigenvalue weighted by Crippen LogP contribution is -2.60. The van der Waals surface area contributed by atoms with E-state index in [0.29, 0.717) is 6.42 Å². The molecule has 1 aliphatic heterocycles. The molecule has 0 spiro atoms. The molecule has 0 saturated carbocycles. The van der Waals surface area contributed by atoms with E-state index in [1.807, 2.05) is 6.08 Å². The van der Waals surface area contributed by atoms with Gasteiger partial charge in [0.25, 0.3) is 0 Å². The maximum atomic E-state index is 13.0. The van der Waals surface area contributed by atoms with Crippen molar-refractivity contribution in [1.82, 2.24) is 5.32 Å². The van der Waals surface area contributed by atoms with Gasteiger partial charge in [-0.05, 0) is 96.3 Å². The number of rotatable bonds is 50. The number of aliphatic hydroxyl groups excluding tert-OH is 5. The van der Waals surface area contributed by atoms with Crippen LogP contribution < -0.4 is 5.32 Å². The van der Waals surface area contributed by atoms with Gasteiger partial charge in [0.2, 0.25) is 5.91 Å². The van der Waals surface area contributed by atoms with Crippen LogP contribution in [-0.2, 0) is 14.3 Å². The molecule has 0 aromatic heterocycles. The number of aliphatic hydroxyl groups is 5. The van der Waals surface area contributed by atoms with Gasteiger partial charge in [-0.1, -0.05) is 251 Å². The lowest BCUT2D eigenvalue weighted by Gasteiger charge is -2.40. The van der Waals surface area contributed by atoms with Gasteiger partial charge >= 0.3 is 0 Å². The second kappa shape index (κ2) is 54.0. The van der Waals surface area contributed by atoms with Crippen molar-refractivity contribution in [3.05, 3.63) is 122 Å². The minimum atomic E-state index is -1.58. The first kappa shape index (κ1) is 69.6. The third-order valence-electron chi connectivity index (χ3n) is 13.5. The number of carbonyl (C=O) groups is 1. The summed E-state index contributed by atoms with van der Waals surface area (Å²) in [5, 5.41) is 54.3. The molecule has 9 heteroatoms. The summed E-state index contributed by atoms with van der Waals surface area (Å²) in [4.78, 5) is 13.0. The molecule has 0 radical (unpaired) electrons. The molecule has 1 amide bonds. The topological polar surface area (TPSA) is 149 Å². The van der Waals surface area contributed by atoms with Crippen LogP contribution in [0.25, 0.3) is 0 Å². The van der Waals surface area contributed by atoms with E-state index in [-0.39, 0.29) is 12.5 Å². The number of allylic oxidation sites excluding steroid dienone is 19. The molecular weight excluding hydrogens is 935 g/mol. The third kappa shape index (κ3) is 43.3. The Balaban J connectivity index is 2.07. The zero-order chi connectivity index (χ0) is 54.3. The summed E-state index contributed by atoms with van der Waals surface area (Å²) in [5.74, 6) is -0.192. The van der Waals surface area contributed by atoms with Gasteiger partial charge in [-0.2, -0.15) is 0 Å². The van der Waals surface area contributed by atoms with Gasteiger partial charge in [-0.15, -0.1) is 0 Å². The van der Waals surface area contributed by atoms with Crippen LogP contribution >= 0.6 is 0 Å². The molecule has 7 unspecified atom stereocenters. The standard InChI is InChI=1S/C66H111NO8/c1-3-5-7-9-11-13-15-16-17-18-19-20-21-22-23-24-25-26-27-28-29-30-31-32-33-34-35-36-37-38-39-40-41-42-43-44-46-48-50-52-54-56-62(70)67-59(58-74-66-65(73)64(72)63(71)61(57-68)75-66)60(69)55-53-51-49-47-45-14-12-10-8-6-4-2/h5,7,11,13,16-17,19-20,22-23,25-26,28-29,31-32,45,47,53,55,59-61,63-66,68-69,71-73H,3-4,6,8-10,12,14-15,18,21,24,27,30,33-44,46,48-52,54,56-58H2,1-2H3,(H,67,70)/b7-5-,13-11-,17-16-,20-19-,23-22-,26-25-,29-28-,32-31-,47-45+,55-53+. The van der Waals surface area contributed by atoms with Crippen molar-refractivity contribution in [2.45, 2.75) is 275 Å². The second-order valence-corrected chi connectivity index (χ2v) is 20.4. The Labute approximate surface area is 458 Å². The summed E-state index contributed by atoms with van der Waals surface area (Å²) in [6, 6.07) is -0.826. The zero-order valence-corrected chi connectivity index (χ0v) is 47.5. The molecule has 1 heterocycles. The Morgan fingerprint density at radius 1 is 0.467 bits per heavy atom. The summed E-state index contributed by atoms with van der Waals surface area (Å²) in [7, 11) is 0. The van der Waals surface area contributed by atoms with Crippen molar-refractivity contribution in [2.75, 3.05) is 13.2 Å². The van der Waals surface area contributed by atoms with Gasteiger partial charge in [-0.25, -0.2) is 0 Å². The van der Waals surface area contributed by atoms with Gasteiger partial charge < -0.3 is 40.3 Å². The van der Waals surface area contributed by atoms with Gasteiger partial charge in [0.15, 0.2) is 6.29 Å². The molecule has 0 bridgehead atoms. The zero-order valence-electron chi connectivity index (χ0n) is 47.5. The van der Waals surface area contributed by atoms with Crippen LogP contribution in [-0.4, -0.2) is 87.5 Å². The van der Waals surface area contributed by atoms with Crippen molar-refractivity contribution < 1.29 is 39.8 Å². The molecule has 6 N–H and O–H groups in total. The fraction of sp³-hybridized carbons (Fsp3) is 0.682. The van der Waals surface area contributed by atoms with Gasteiger partial charge in [0.1, 0.15) is 24.4 Å². The monoisotopic (exact) mass is 1050 g/mol. The number of nitrogens with one attached hydrogen (secondary N) is 1. The van der Waals surface area contributed by atoms with Crippen LogP contribution in [0.1, 0.15) is 232 Å². The minimum Gasteiger partial charge on any atom is -0.394 e. The summed E-state index contributed by atoms with van der Waals surface area (Å²) >= 11 is 0. The van der Waals surface area contributed by atoms with Crippen molar-refractivity contribution in [3.63, 3.8) is 0 Å². The van der Waals surface area contributed by atoms with Gasteiger partial charge in [0.05, 0.1) is 25.4 Å². The molecule has 0 aliphatic carbocycles. The van der Waals surface area contributed by atoms with Crippen LogP contribution in [0.2, 0.25) is 0 Å². The SMILES string of the molecule is CC/C=C\C/C=C\C/C=C\C/C=C\C/C=C\C/C=C\C/C=C\C/C=C\CCCCCCCCCCCCCCCCCCC(=O)NC(COC1OC(CO)C(O)C(O)C1O)C(O)/C=C/CC/C=C/CCCCCCC. The lowest BCUT2D eigenvalue weighted by molar-refractivity contribution is -0.302. The normalized spacial score (nSPS) is 19.8. The first-order valence-electron chi connectivity index (χ1n) is 30.3. The van der Waals surface area contributed by atoms with E-state index in [2.05, 4.69) is 129 Å². The first-order chi connectivity index (χ1) is 36.8. The molecule has 75 heavy (non-hydrogen) atoms. The number of hydrogen-bond acceptors (Lipinski definition) is 8. The maximum absolute atomic E-state index is 13.0. The fourth-order valence-corrected chi connectivity index (χ4v) is 8.78. The predicted molar refractivity (Wildman–Crippen MR) is 317 cm³/mol. The predicted octanol–water partition coefficient (Wildman–Crippen LogP) is 15.5. The highest BCUT2D eigenvalue weighted by Gasteiger charge is 2.44. The number of unbranched alkanes of at least 4 members (excludes halogenated alkanes) is 22. The van der Waals surface area contributed by atoms with Crippen LogP contribution in [0.5, 0.6) is 0 Å². The number of amides is 1. The maximum Gasteiger partial charge on any atom is 0.220 e. The highest BCUT2D eigenvalue weighted by atomic mass is 16.7. The van der Waals surface area contributed by atoms with Crippen LogP contribution in [0.3, 0.4) is 0 Å². The quantitative estimate of drug-likeness (QED) is 0.0261. The highest BCUT2D eigenvalue weighted by molar-refractivity contribution is 5.76. The molecule has 7 atom stereocenters. The van der Waals surface area contributed by atoms with Crippen LogP contribution in [0.4, 0.5) is 0 Å². The molecule has 1 aliphatic rings.